The SMILES string of the molecule is CC(C)(C)c1ccc(-c2nnc(-c3ccc(-n4c5ccccc5c5ccccc54)cc3)n2-c2ccccc2)cc1. The largest absolute Gasteiger partial charge is 0.309 e. The second kappa shape index (κ2) is 9.35. The van der Waals surface area contributed by atoms with Crippen LogP contribution in [0.3, 0.4) is 0 Å². The smallest absolute Gasteiger partial charge is 0.168 e. The Morgan fingerprint density at radius 3 is 1.43 bits per heavy atom. The molecular weight excluding hydrogens is 488 g/mol. The Labute approximate surface area is 234 Å². The molecule has 4 nitrogen and oxygen atoms in total. The van der Waals surface area contributed by atoms with Gasteiger partial charge >= 0.3 is 0 Å². The van der Waals surface area contributed by atoms with E-state index in [1.165, 1.54) is 27.4 Å². The third kappa shape index (κ3) is 4.00. The lowest BCUT2D eigenvalue weighted by molar-refractivity contribution is 0.590. The van der Waals surface area contributed by atoms with E-state index in [4.69, 9.17) is 10.2 Å². The van der Waals surface area contributed by atoms with Crippen molar-refractivity contribution in [2.45, 2.75) is 26.2 Å². The molecule has 5 aromatic carbocycles. The average molecular weight is 519 g/mol. The van der Waals surface area contributed by atoms with Crippen LogP contribution in [0.15, 0.2) is 127 Å². The Balaban J connectivity index is 1.35. The van der Waals surface area contributed by atoms with Crippen LogP contribution in [0, 0.1) is 0 Å². The van der Waals surface area contributed by atoms with Crippen LogP contribution in [0.1, 0.15) is 26.3 Å². The molecule has 0 saturated heterocycles. The molecule has 40 heavy (non-hydrogen) atoms. The molecule has 4 heteroatoms. The summed E-state index contributed by atoms with van der Waals surface area (Å²) in [5.74, 6) is 1.64. The maximum Gasteiger partial charge on any atom is 0.168 e. The average Bonchev–Trinajstić information content (AvgIpc) is 3.58. The number of hydrogen-bond donors (Lipinski definition) is 0. The second-order valence-corrected chi connectivity index (χ2v) is 11.3. The first-order valence-corrected chi connectivity index (χ1v) is 13.7. The minimum Gasteiger partial charge on any atom is -0.309 e. The zero-order chi connectivity index (χ0) is 27.3. The van der Waals surface area contributed by atoms with E-state index in [0.717, 1.165) is 34.2 Å². The van der Waals surface area contributed by atoms with Crippen LogP contribution in [0.5, 0.6) is 0 Å². The van der Waals surface area contributed by atoms with Crippen molar-refractivity contribution in [2.75, 3.05) is 0 Å². The summed E-state index contributed by atoms with van der Waals surface area (Å²) in [6.07, 6.45) is 0. The molecule has 0 atom stereocenters. The Morgan fingerprint density at radius 2 is 0.900 bits per heavy atom. The summed E-state index contributed by atoms with van der Waals surface area (Å²) >= 11 is 0. The quantitative estimate of drug-likeness (QED) is 0.233. The van der Waals surface area contributed by atoms with Crippen LogP contribution >= 0.6 is 0 Å². The number of benzene rings is 5. The molecule has 0 bridgehead atoms. The number of hydrogen-bond acceptors (Lipinski definition) is 2. The van der Waals surface area contributed by atoms with Crippen molar-refractivity contribution in [3.63, 3.8) is 0 Å². The third-order valence-electron chi connectivity index (χ3n) is 7.65. The van der Waals surface area contributed by atoms with Crippen molar-refractivity contribution < 1.29 is 0 Å². The Morgan fingerprint density at radius 1 is 0.450 bits per heavy atom. The maximum atomic E-state index is 4.71. The van der Waals surface area contributed by atoms with Crippen molar-refractivity contribution in [3.8, 4) is 34.2 Å². The first-order valence-electron chi connectivity index (χ1n) is 13.7. The molecule has 7 rings (SSSR count). The van der Waals surface area contributed by atoms with Gasteiger partial charge in [-0.1, -0.05) is 99.6 Å². The van der Waals surface area contributed by atoms with Gasteiger partial charge in [0.15, 0.2) is 11.6 Å². The van der Waals surface area contributed by atoms with Crippen molar-refractivity contribution in [2.24, 2.45) is 0 Å². The minimum absolute atomic E-state index is 0.0922. The molecule has 0 amide bonds. The third-order valence-corrected chi connectivity index (χ3v) is 7.65. The van der Waals surface area contributed by atoms with E-state index in [1.807, 2.05) is 6.07 Å². The normalized spacial score (nSPS) is 11.9. The number of nitrogens with zero attached hydrogens (tertiary/aromatic N) is 4. The van der Waals surface area contributed by atoms with Gasteiger partial charge in [-0.15, -0.1) is 10.2 Å². The van der Waals surface area contributed by atoms with Crippen molar-refractivity contribution >= 4 is 21.8 Å². The van der Waals surface area contributed by atoms with Gasteiger partial charge in [0.2, 0.25) is 0 Å². The Kier molecular flexibility index (Phi) is 5.64. The van der Waals surface area contributed by atoms with Gasteiger partial charge in [0.1, 0.15) is 0 Å². The van der Waals surface area contributed by atoms with Crippen LogP contribution < -0.4 is 0 Å². The van der Waals surface area contributed by atoms with Gasteiger partial charge in [0.25, 0.3) is 0 Å². The van der Waals surface area contributed by atoms with E-state index in [0.29, 0.717) is 0 Å². The van der Waals surface area contributed by atoms with Crippen LogP contribution in [-0.4, -0.2) is 19.3 Å². The van der Waals surface area contributed by atoms with Gasteiger partial charge in [-0.2, -0.15) is 0 Å². The summed E-state index contributed by atoms with van der Waals surface area (Å²) in [7, 11) is 0. The molecule has 2 heterocycles. The lowest BCUT2D eigenvalue weighted by Gasteiger charge is -2.19. The van der Waals surface area contributed by atoms with Crippen molar-refractivity contribution in [1.29, 1.82) is 0 Å². The highest BCUT2D eigenvalue weighted by molar-refractivity contribution is 6.09. The zero-order valence-electron chi connectivity index (χ0n) is 22.9. The highest BCUT2D eigenvalue weighted by Gasteiger charge is 2.19. The first-order chi connectivity index (χ1) is 19.5. The summed E-state index contributed by atoms with van der Waals surface area (Å²) in [6, 6.07) is 44.9. The molecule has 2 aromatic heterocycles. The molecule has 0 N–H and O–H groups in total. The summed E-state index contributed by atoms with van der Waals surface area (Å²) in [4.78, 5) is 0. The van der Waals surface area contributed by atoms with E-state index in [2.05, 4.69) is 151 Å². The van der Waals surface area contributed by atoms with E-state index >= 15 is 0 Å². The number of fused-ring (bicyclic) bond motifs is 3. The van der Waals surface area contributed by atoms with Gasteiger partial charge in [-0.05, 0) is 59.5 Å². The highest BCUT2D eigenvalue weighted by Crippen LogP contribution is 2.34. The van der Waals surface area contributed by atoms with Crippen LogP contribution in [-0.2, 0) is 5.41 Å². The van der Waals surface area contributed by atoms with Crippen LogP contribution in [0.2, 0.25) is 0 Å². The topological polar surface area (TPSA) is 35.6 Å². The Hall–Kier alpha value is -4.96. The van der Waals surface area contributed by atoms with E-state index in [1.54, 1.807) is 0 Å². The predicted molar refractivity (Wildman–Crippen MR) is 165 cm³/mol. The second-order valence-electron chi connectivity index (χ2n) is 11.3. The monoisotopic (exact) mass is 518 g/mol. The van der Waals surface area contributed by atoms with Gasteiger partial charge in [0, 0.05) is 33.3 Å². The fraction of sp³-hybridized carbons (Fsp3) is 0.111. The lowest BCUT2D eigenvalue weighted by atomic mass is 9.86. The molecule has 0 unspecified atom stereocenters. The predicted octanol–water partition coefficient (Wildman–Crippen LogP) is 9.00. The van der Waals surface area contributed by atoms with Gasteiger partial charge < -0.3 is 4.57 Å². The molecule has 0 aliphatic heterocycles. The van der Waals surface area contributed by atoms with Crippen LogP contribution in [0.25, 0.3) is 56.0 Å². The van der Waals surface area contributed by atoms with Crippen molar-refractivity contribution in [1.82, 2.24) is 19.3 Å². The summed E-state index contributed by atoms with van der Waals surface area (Å²) < 4.78 is 4.49. The minimum atomic E-state index is 0.0922. The van der Waals surface area contributed by atoms with Crippen molar-refractivity contribution in [3.05, 3.63) is 133 Å². The standard InChI is InChI=1S/C36H30N4/c1-36(2,3)27-21-17-25(18-22-27)34-37-38-35(40(34)28-11-5-4-6-12-28)26-19-23-29(24-20-26)39-32-15-9-7-13-30(32)31-14-8-10-16-33(31)39/h4-24H,1-3H3. The zero-order valence-corrected chi connectivity index (χ0v) is 22.9. The summed E-state index contributed by atoms with van der Waals surface area (Å²) in [5, 5.41) is 11.9. The molecule has 0 aliphatic carbocycles. The number of aromatic nitrogens is 4. The first kappa shape index (κ1) is 24.1. The summed E-state index contributed by atoms with van der Waals surface area (Å²) in [6.45, 7) is 6.70. The molecule has 0 fully saturated rings. The van der Waals surface area contributed by atoms with E-state index in [-0.39, 0.29) is 5.41 Å². The maximum absolute atomic E-state index is 4.71. The van der Waals surface area contributed by atoms with E-state index in [9.17, 15) is 0 Å². The van der Waals surface area contributed by atoms with E-state index < -0.39 is 0 Å². The molecule has 0 aliphatic rings. The molecule has 194 valence electrons. The number of rotatable bonds is 4. The van der Waals surface area contributed by atoms with Crippen LogP contribution in [0.4, 0.5) is 0 Å². The van der Waals surface area contributed by atoms with Gasteiger partial charge in [-0.25, -0.2) is 0 Å². The Bertz CT molecular complexity index is 1900. The highest BCUT2D eigenvalue weighted by atomic mass is 15.3. The molecule has 0 spiro atoms. The molecule has 7 aromatic rings. The number of para-hydroxylation sites is 3. The van der Waals surface area contributed by atoms with Gasteiger partial charge in [-0.3, -0.25) is 4.57 Å². The fourth-order valence-electron chi connectivity index (χ4n) is 5.56. The fourth-order valence-corrected chi connectivity index (χ4v) is 5.56. The lowest BCUT2D eigenvalue weighted by Crippen LogP contribution is -2.10. The molecule has 0 radical (unpaired) electrons. The summed E-state index contributed by atoms with van der Waals surface area (Å²) in [5.41, 5.74) is 7.98. The van der Waals surface area contributed by atoms with Gasteiger partial charge in [0.05, 0.1) is 11.0 Å². The molecule has 0 saturated carbocycles. The molecular formula is C36H30N4.